The van der Waals surface area contributed by atoms with Crippen molar-refractivity contribution in [2.75, 3.05) is 52.4 Å². The molecule has 1 aromatic carbocycles. The molecule has 1 saturated heterocycles. The minimum absolute atomic E-state index is 0.0201. The zero-order valence-corrected chi connectivity index (χ0v) is 24.3. The number of carbonyl (C=O) groups is 3. The van der Waals surface area contributed by atoms with Crippen LogP contribution in [0.15, 0.2) is 18.2 Å². The number of hydrogen-bond acceptors (Lipinski definition) is 6. The first-order valence-corrected chi connectivity index (χ1v) is 14.2. The summed E-state index contributed by atoms with van der Waals surface area (Å²) in [5.41, 5.74) is 0.317. The normalized spacial score (nSPS) is 15.4. The minimum Gasteiger partial charge on any atom is -0.493 e. The van der Waals surface area contributed by atoms with Crippen LogP contribution >= 0.6 is 0 Å². The van der Waals surface area contributed by atoms with E-state index in [0.29, 0.717) is 58.0 Å². The van der Waals surface area contributed by atoms with Crippen molar-refractivity contribution in [3.8, 4) is 5.75 Å². The largest absolute Gasteiger partial charge is 0.493 e. The molecule has 1 atom stereocenters. The second-order valence-electron chi connectivity index (χ2n) is 10.9. The van der Waals surface area contributed by atoms with Crippen LogP contribution < -0.4 is 15.4 Å². The number of likely N-dealkylation sites (tertiary alicyclic amines) is 1. The number of halogens is 1. The molecule has 1 aliphatic rings. The van der Waals surface area contributed by atoms with Crippen molar-refractivity contribution in [1.29, 1.82) is 0 Å². The van der Waals surface area contributed by atoms with Gasteiger partial charge in [-0.1, -0.05) is 13.8 Å². The van der Waals surface area contributed by atoms with Crippen molar-refractivity contribution < 1.29 is 28.2 Å². The lowest BCUT2D eigenvalue weighted by Gasteiger charge is -2.27. The van der Waals surface area contributed by atoms with E-state index in [-0.39, 0.29) is 36.1 Å². The fourth-order valence-electron chi connectivity index (χ4n) is 4.30. The maximum absolute atomic E-state index is 13.6. The van der Waals surface area contributed by atoms with Gasteiger partial charge in [0.1, 0.15) is 17.2 Å². The molecule has 1 unspecified atom stereocenters. The van der Waals surface area contributed by atoms with Gasteiger partial charge in [0, 0.05) is 51.8 Å². The number of ether oxygens (including phenoxy) is 2. The summed E-state index contributed by atoms with van der Waals surface area (Å²) >= 11 is 0. The van der Waals surface area contributed by atoms with Gasteiger partial charge in [0.25, 0.3) is 0 Å². The molecule has 1 heterocycles. The molecule has 220 valence electrons. The number of likely N-dealkylation sites (N-methyl/N-ethyl adjacent to an activating group) is 1. The van der Waals surface area contributed by atoms with Crippen molar-refractivity contribution in [2.24, 2.45) is 5.92 Å². The predicted molar refractivity (Wildman–Crippen MR) is 149 cm³/mol. The molecular weight excluding hydrogens is 503 g/mol. The van der Waals surface area contributed by atoms with Gasteiger partial charge in [0.05, 0.1) is 12.5 Å². The zero-order chi connectivity index (χ0) is 28.8. The minimum atomic E-state index is -0.574. The Bertz CT molecular complexity index is 937. The zero-order valence-electron chi connectivity index (χ0n) is 24.3. The van der Waals surface area contributed by atoms with Crippen LogP contribution in [0.1, 0.15) is 65.9 Å². The summed E-state index contributed by atoms with van der Waals surface area (Å²) in [5.74, 6) is -0.310. The molecule has 10 heteroatoms. The van der Waals surface area contributed by atoms with Gasteiger partial charge < -0.3 is 29.9 Å². The molecule has 1 aliphatic heterocycles. The number of rotatable bonds is 16. The Morgan fingerprint density at radius 2 is 1.87 bits per heavy atom. The highest BCUT2D eigenvalue weighted by atomic mass is 19.1. The Kier molecular flexibility index (Phi) is 13.5. The molecule has 1 aromatic rings. The Labute approximate surface area is 232 Å². The number of aryl methyl sites for hydroxylation is 1. The number of amides is 3. The Hall–Kier alpha value is -2.88. The molecule has 1 fully saturated rings. The van der Waals surface area contributed by atoms with Gasteiger partial charge in [-0.3, -0.25) is 9.59 Å². The molecule has 3 amide bonds. The maximum atomic E-state index is 13.6. The fraction of sp³-hybridized carbons (Fsp3) is 0.690. The molecule has 0 saturated carbocycles. The van der Waals surface area contributed by atoms with Gasteiger partial charge in [0.2, 0.25) is 11.8 Å². The number of nitrogens with zero attached hydrogens (tertiary/aromatic N) is 2. The highest BCUT2D eigenvalue weighted by Crippen LogP contribution is 2.20. The quantitative estimate of drug-likeness (QED) is 0.304. The average Bonchev–Trinajstić information content (AvgIpc) is 3.24. The van der Waals surface area contributed by atoms with Crippen molar-refractivity contribution in [1.82, 2.24) is 20.4 Å². The van der Waals surface area contributed by atoms with Crippen molar-refractivity contribution in [3.05, 3.63) is 29.6 Å². The Balaban J connectivity index is 1.68. The molecular formula is C29H47FN4O5. The van der Waals surface area contributed by atoms with E-state index >= 15 is 0 Å². The number of benzene rings is 1. The Morgan fingerprint density at radius 1 is 1.10 bits per heavy atom. The highest BCUT2D eigenvalue weighted by Gasteiger charge is 2.33. The standard InChI is InChI=1S/C29H47FN4O5/c1-6-22-17-24(30)20-25(18-22)38-16-9-8-13-34-21-23(19-26(34)35)27(36)32-11-10-14-33(15-12-31-7-2)28(37)39-29(3,4)5/h17-18,20,23,31H,6-16,19,21H2,1-5H3,(H,32,36). The number of nitrogens with one attached hydrogen (secondary N) is 2. The Morgan fingerprint density at radius 3 is 2.56 bits per heavy atom. The SMILES string of the molecule is CCNCCN(CCCNC(=O)C1CC(=O)N(CCCCOc2cc(F)cc(CC)c2)C1)C(=O)OC(C)(C)C. The van der Waals surface area contributed by atoms with Gasteiger partial charge in [-0.2, -0.15) is 0 Å². The van der Waals surface area contributed by atoms with E-state index in [1.165, 1.54) is 12.1 Å². The lowest BCUT2D eigenvalue weighted by molar-refractivity contribution is -0.129. The van der Waals surface area contributed by atoms with E-state index in [1.54, 1.807) is 9.80 Å². The summed E-state index contributed by atoms with van der Waals surface area (Å²) < 4.78 is 24.8. The summed E-state index contributed by atoms with van der Waals surface area (Å²) in [6.07, 6.45) is 2.63. The van der Waals surface area contributed by atoms with Gasteiger partial charge in [-0.05, 0) is 70.7 Å². The molecule has 0 bridgehead atoms. The van der Waals surface area contributed by atoms with E-state index in [1.807, 2.05) is 40.7 Å². The first-order valence-electron chi connectivity index (χ1n) is 14.2. The summed E-state index contributed by atoms with van der Waals surface area (Å²) in [7, 11) is 0. The van der Waals surface area contributed by atoms with Crippen LogP contribution in [-0.4, -0.2) is 85.7 Å². The third-order valence-electron chi connectivity index (χ3n) is 6.38. The van der Waals surface area contributed by atoms with Crippen molar-refractivity contribution >= 4 is 17.9 Å². The van der Waals surface area contributed by atoms with E-state index < -0.39 is 5.60 Å². The number of carbonyl (C=O) groups excluding carboxylic acids is 3. The van der Waals surface area contributed by atoms with Crippen LogP contribution in [-0.2, 0) is 20.7 Å². The smallest absolute Gasteiger partial charge is 0.410 e. The third-order valence-corrected chi connectivity index (χ3v) is 6.38. The van der Waals surface area contributed by atoms with E-state index in [4.69, 9.17) is 9.47 Å². The van der Waals surface area contributed by atoms with E-state index in [2.05, 4.69) is 10.6 Å². The molecule has 0 aromatic heterocycles. The van der Waals surface area contributed by atoms with Gasteiger partial charge in [0.15, 0.2) is 0 Å². The average molecular weight is 551 g/mol. The number of unbranched alkanes of at least 4 members (excludes halogenated alkanes) is 1. The molecule has 0 spiro atoms. The van der Waals surface area contributed by atoms with Crippen LogP contribution in [0.4, 0.5) is 9.18 Å². The monoisotopic (exact) mass is 550 g/mol. The number of hydrogen-bond donors (Lipinski definition) is 2. The molecule has 0 radical (unpaired) electrons. The van der Waals surface area contributed by atoms with Crippen LogP contribution in [0.2, 0.25) is 0 Å². The van der Waals surface area contributed by atoms with E-state index in [9.17, 15) is 18.8 Å². The van der Waals surface area contributed by atoms with Gasteiger partial charge in [-0.25, -0.2) is 9.18 Å². The maximum Gasteiger partial charge on any atom is 0.410 e. The topological polar surface area (TPSA) is 100 Å². The van der Waals surface area contributed by atoms with Crippen molar-refractivity contribution in [2.45, 2.75) is 72.3 Å². The summed E-state index contributed by atoms with van der Waals surface area (Å²) in [6.45, 7) is 13.8. The fourth-order valence-corrected chi connectivity index (χ4v) is 4.30. The summed E-state index contributed by atoms with van der Waals surface area (Å²) in [6, 6.07) is 4.73. The highest BCUT2D eigenvalue weighted by molar-refractivity contribution is 5.89. The molecule has 39 heavy (non-hydrogen) atoms. The van der Waals surface area contributed by atoms with Crippen LogP contribution in [0.25, 0.3) is 0 Å². The first-order chi connectivity index (χ1) is 18.5. The second kappa shape index (κ2) is 16.3. The van der Waals surface area contributed by atoms with Crippen molar-refractivity contribution in [3.63, 3.8) is 0 Å². The molecule has 2 rings (SSSR count). The first kappa shape index (κ1) is 32.3. The predicted octanol–water partition coefficient (Wildman–Crippen LogP) is 3.75. The van der Waals surface area contributed by atoms with E-state index in [0.717, 1.165) is 31.4 Å². The lowest BCUT2D eigenvalue weighted by Crippen LogP contribution is -2.42. The van der Waals surface area contributed by atoms with Crippen LogP contribution in [0.3, 0.4) is 0 Å². The van der Waals surface area contributed by atoms with Crippen LogP contribution in [0.5, 0.6) is 5.75 Å². The third kappa shape index (κ3) is 12.2. The molecule has 2 N–H and O–H groups in total. The lowest BCUT2D eigenvalue weighted by atomic mass is 10.1. The van der Waals surface area contributed by atoms with Gasteiger partial charge >= 0.3 is 6.09 Å². The second-order valence-corrected chi connectivity index (χ2v) is 10.9. The summed E-state index contributed by atoms with van der Waals surface area (Å²) in [4.78, 5) is 41.0. The molecule has 0 aliphatic carbocycles. The summed E-state index contributed by atoms with van der Waals surface area (Å²) in [5, 5.41) is 6.13. The van der Waals surface area contributed by atoms with Crippen LogP contribution in [0, 0.1) is 11.7 Å². The molecule has 9 nitrogen and oxygen atoms in total. The van der Waals surface area contributed by atoms with Gasteiger partial charge in [-0.15, -0.1) is 0 Å².